The first-order valence-corrected chi connectivity index (χ1v) is 6.84. The number of hydrogen-bond donors (Lipinski definition) is 2. The molecule has 0 radical (unpaired) electrons. The molecule has 0 aliphatic heterocycles. The predicted octanol–water partition coefficient (Wildman–Crippen LogP) is 2.56. The minimum atomic E-state index is -1.08. The summed E-state index contributed by atoms with van der Waals surface area (Å²) in [6, 6.07) is 4.19. The van der Waals surface area contributed by atoms with Crippen LogP contribution in [0.5, 0.6) is 5.75 Å². The number of carboxylic acid groups (broad SMARTS) is 1. The maximum absolute atomic E-state index is 11.7. The molecular formula is C15H18ClNO4. The number of carbonyl (C=O) groups is 2. The molecule has 5 nitrogen and oxygen atoms in total. The SMILES string of the molecule is C=CCCC(NC(=O)COc1cccc(Cl)c1C)C(=O)O. The molecule has 1 atom stereocenters. The van der Waals surface area contributed by atoms with Gasteiger partial charge in [0, 0.05) is 10.6 Å². The molecule has 1 unspecified atom stereocenters. The molecule has 0 saturated heterocycles. The molecule has 0 spiro atoms. The Hall–Kier alpha value is -2.01. The molecule has 0 aliphatic rings. The Labute approximate surface area is 128 Å². The molecule has 6 heteroatoms. The van der Waals surface area contributed by atoms with Crippen LogP contribution in [0.15, 0.2) is 30.9 Å². The van der Waals surface area contributed by atoms with Crippen LogP contribution in [-0.2, 0) is 9.59 Å². The lowest BCUT2D eigenvalue weighted by Crippen LogP contribution is -2.42. The van der Waals surface area contributed by atoms with E-state index < -0.39 is 17.9 Å². The van der Waals surface area contributed by atoms with Crippen LogP contribution in [0.4, 0.5) is 0 Å². The van der Waals surface area contributed by atoms with Crippen LogP contribution < -0.4 is 10.1 Å². The molecule has 114 valence electrons. The third kappa shape index (κ3) is 5.47. The average Bonchev–Trinajstić information content (AvgIpc) is 2.44. The molecule has 0 saturated carbocycles. The predicted molar refractivity (Wildman–Crippen MR) is 80.7 cm³/mol. The van der Waals surface area contributed by atoms with Crippen molar-refractivity contribution in [3.05, 3.63) is 41.4 Å². The number of allylic oxidation sites excluding steroid dienone is 1. The van der Waals surface area contributed by atoms with Gasteiger partial charge in [0.2, 0.25) is 0 Å². The summed E-state index contributed by atoms with van der Waals surface area (Å²) in [6.45, 7) is 5.03. The Bertz CT molecular complexity index is 530. The van der Waals surface area contributed by atoms with Crippen LogP contribution in [0.1, 0.15) is 18.4 Å². The summed E-state index contributed by atoms with van der Waals surface area (Å²) in [5.41, 5.74) is 0.730. The number of carbonyl (C=O) groups excluding carboxylic acids is 1. The highest BCUT2D eigenvalue weighted by atomic mass is 35.5. The quantitative estimate of drug-likeness (QED) is 0.723. The monoisotopic (exact) mass is 311 g/mol. The lowest BCUT2D eigenvalue weighted by Gasteiger charge is -2.14. The first kappa shape index (κ1) is 17.0. The third-order valence-corrected chi connectivity index (χ3v) is 3.28. The summed E-state index contributed by atoms with van der Waals surface area (Å²) in [5, 5.41) is 12.0. The zero-order valence-corrected chi connectivity index (χ0v) is 12.5. The van der Waals surface area contributed by atoms with E-state index in [0.29, 0.717) is 23.6 Å². The lowest BCUT2D eigenvalue weighted by atomic mass is 10.1. The highest BCUT2D eigenvalue weighted by Crippen LogP contribution is 2.24. The van der Waals surface area contributed by atoms with E-state index in [9.17, 15) is 9.59 Å². The van der Waals surface area contributed by atoms with Gasteiger partial charge in [0.1, 0.15) is 11.8 Å². The number of benzene rings is 1. The van der Waals surface area contributed by atoms with Crippen molar-refractivity contribution in [2.75, 3.05) is 6.61 Å². The van der Waals surface area contributed by atoms with Crippen LogP contribution in [0.2, 0.25) is 5.02 Å². The smallest absolute Gasteiger partial charge is 0.326 e. The fourth-order valence-corrected chi connectivity index (χ4v) is 1.83. The molecule has 0 aliphatic carbocycles. The van der Waals surface area contributed by atoms with Gasteiger partial charge in [0.15, 0.2) is 6.61 Å². The molecule has 1 aromatic carbocycles. The number of rotatable bonds is 8. The van der Waals surface area contributed by atoms with E-state index in [1.165, 1.54) is 0 Å². The summed E-state index contributed by atoms with van der Waals surface area (Å²) in [7, 11) is 0. The summed E-state index contributed by atoms with van der Waals surface area (Å²) in [5.74, 6) is -1.08. The van der Waals surface area contributed by atoms with Gasteiger partial charge in [-0.2, -0.15) is 0 Å². The minimum absolute atomic E-state index is 0.265. The van der Waals surface area contributed by atoms with Crippen molar-refractivity contribution in [1.29, 1.82) is 0 Å². The zero-order chi connectivity index (χ0) is 15.8. The number of ether oxygens (including phenoxy) is 1. The normalized spacial score (nSPS) is 11.5. The molecular weight excluding hydrogens is 294 g/mol. The fourth-order valence-electron chi connectivity index (χ4n) is 1.67. The Balaban J connectivity index is 2.54. The molecule has 1 aromatic rings. The molecule has 1 amide bonds. The highest BCUT2D eigenvalue weighted by Gasteiger charge is 2.19. The van der Waals surface area contributed by atoms with E-state index in [1.54, 1.807) is 31.2 Å². The summed E-state index contributed by atoms with van der Waals surface area (Å²) < 4.78 is 5.35. The fraction of sp³-hybridized carbons (Fsp3) is 0.333. The molecule has 21 heavy (non-hydrogen) atoms. The van der Waals surface area contributed by atoms with E-state index in [2.05, 4.69) is 11.9 Å². The largest absolute Gasteiger partial charge is 0.483 e. The van der Waals surface area contributed by atoms with Gasteiger partial charge in [0.25, 0.3) is 5.91 Å². The van der Waals surface area contributed by atoms with Crippen molar-refractivity contribution in [2.24, 2.45) is 0 Å². The van der Waals surface area contributed by atoms with Gasteiger partial charge < -0.3 is 15.2 Å². The number of aliphatic carboxylic acids is 1. The number of nitrogens with one attached hydrogen (secondary N) is 1. The second-order valence-electron chi connectivity index (χ2n) is 4.48. The second kappa shape index (κ2) is 8.32. The summed E-state index contributed by atoms with van der Waals surface area (Å²) in [6.07, 6.45) is 2.40. The molecule has 1 rings (SSSR count). The Morgan fingerprint density at radius 1 is 1.52 bits per heavy atom. The van der Waals surface area contributed by atoms with E-state index >= 15 is 0 Å². The lowest BCUT2D eigenvalue weighted by molar-refractivity contribution is -0.142. The van der Waals surface area contributed by atoms with Crippen molar-refractivity contribution in [3.63, 3.8) is 0 Å². The molecule has 2 N–H and O–H groups in total. The van der Waals surface area contributed by atoms with Gasteiger partial charge in [0.05, 0.1) is 0 Å². The van der Waals surface area contributed by atoms with Crippen LogP contribution >= 0.6 is 11.6 Å². The van der Waals surface area contributed by atoms with Gasteiger partial charge >= 0.3 is 5.97 Å². The van der Waals surface area contributed by atoms with Crippen molar-refractivity contribution in [3.8, 4) is 5.75 Å². The topological polar surface area (TPSA) is 75.6 Å². The van der Waals surface area contributed by atoms with Crippen molar-refractivity contribution >= 4 is 23.5 Å². The van der Waals surface area contributed by atoms with Crippen molar-refractivity contribution in [2.45, 2.75) is 25.8 Å². The molecule has 0 aromatic heterocycles. The molecule has 0 bridgehead atoms. The van der Waals surface area contributed by atoms with Gasteiger partial charge in [-0.15, -0.1) is 6.58 Å². The number of hydrogen-bond acceptors (Lipinski definition) is 3. The second-order valence-corrected chi connectivity index (χ2v) is 4.88. The Morgan fingerprint density at radius 2 is 2.24 bits per heavy atom. The molecule has 0 fully saturated rings. The summed E-state index contributed by atoms with van der Waals surface area (Å²) in [4.78, 5) is 22.7. The van der Waals surface area contributed by atoms with Crippen LogP contribution in [-0.4, -0.2) is 29.6 Å². The summed E-state index contributed by atoms with van der Waals surface area (Å²) >= 11 is 5.94. The van der Waals surface area contributed by atoms with Crippen LogP contribution in [0.25, 0.3) is 0 Å². The average molecular weight is 312 g/mol. The third-order valence-electron chi connectivity index (χ3n) is 2.87. The van der Waals surface area contributed by atoms with E-state index in [-0.39, 0.29) is 6.61 Å². The first-order valence-electron chi connectivity index (χ1n) is 6.46. The maximum atomic E-state index is 11.7. The van der Waals surface area contributed by atoms with Gasteiger partial charge in [-0.05, 0) is 31.9 Å². The first-order chi connectivity index (χ1) is 9.95. The standard InChI is InChI=1S/C15H18ClNO4/c1-3-4-7-12(15(19)20)17-14(18)9-21-13-8-5-6-11(16)10(13)2/h3,5-6,8,12H,1,4,7,9H2,2H3,(H,17,18)(H,19,20). The Kier molecular flexibility index (Phi) is 6.75. The van der Waals surface area contributed by atoms with Crippen molar-refractivity contribution in [1.82, 2.24) is 5.32 Å². The maximum Gasteiger partial charge on any atom is 0.326 e. The van der Waals surface area contributed by atoms with E-state index in [1.807, 2.05) is 0 Å². The number of carboxylic acids is 1. The molecule has 0 heterocycles. The number of amides is 1. The Morgan fingerprint density at radius 3 is 2.86 bits per heavy atom. The van der Waals surface area contributed by atoms with Crippen molar-refractivity contribution < 1.29 is 19.4 Å². The highest BCUT2D eigenvalue weighted by molar-refractivity contribution is 6.31. The minimum Gasteiger partial charge on any atom is -0.483 e. The van der Waals surface area contributed by atoms with Crippen LogP contribution in [0, 0.1) is 6.92 Å². The van der Waals surface area contributed by atoms with Gasteiger partial charge in [-0.25, -0.2) is 4.79 Å². The number of halogens is 1. The zero-order valence-electron chi connectivity index (χ0n) is 11.8. The van der Waals surface area contributed by atoms with Gasteiger partial charge in [-0.3, -0.25) is 4.79 Å². The van der Waals surface area contributed by atoms with Crippen LogP contribution in [0.3, 0.4) is 0 Å². The van der Waals surface area contributed by atoms with Gasteiger partial charge in [-0.1, -0.05) is 23.7 Å². The van der Waals surface area contributed by atoms with E-state index in [0.717, 1.165) is 5.56 Å². The van der Waals surface area contributed by atoms with E-state index in [4.69, 9.17) is 21.4 Å².